The van der Waals surface area contributed by atoms with Crippen LogP contribution in [0.3, 0.4) is 0 Å². The smallest absolute Gasteiger partial charge is 0.342 e. The molecule has 9 heteroatoms. The van der Waals surface area contributed by atoms with Crippen LogP contribution in [-0.4, -0.2) is 36.2 Å². The zero-order valence-electron chi connectivity index (χ0n) is 15.7. The van der Waals surface area contributed by atoms with Crippen LogP contribution in [0.4, 0.5) is 5.69 Å². The summed E-state index contributed by atoms with van der Waals surface area (Å²) in [6.45, 7) is 5.37. The number of nitro groups is 1. The molecule has 2 aromatic rings. The van der Waals surface area contributed by atoms with Crippen molar-refractivity contribution in [3.8, 4) is 11.1 Å². The Morgan fingerprint density at radius 1 is 1.11 bits per heavy atom. The van der Waals surface area contributed by atoms with Crippen LogP contribution in [0.25, 0.3) is 11.1 Å². The summed E-state index contributed by atoms with van der Waals surface area (Å²) in [6.07, 6.45) is 0. The van der Waals surface area contributed by atoms with Crippen LogP contribution in [0.1, 0.15) is 42.6 Å². The average Bonchev–Trinajstić information content (AvgIpc) is 2.65. The summed E-state index contributed by atoms with van der Waals surface area (Å²) < 4.78 is 26.3. The lowest BCUT2D eigenvalue weighted by Gasteiger charge is -2.15. The number of nitrogens with one attached hydrogen (secondary N) is 1. The van der Waals surface area contributed by atoms with E-state index < -0.39 is 31.9 Å². The van der Waals surface area contributed by atoms with Gasteiger partial charge in [0.05, 0.1) is 10.2 Å². The Kier molecular flexibility index (Phi) is 6.52. The Morgan fingerprint density at radius 3 is 2.18 bits per heavy atom. The quantitative estimate of drug-likeness (QED) is 0.511. The van der Waals surface area contributed by atoms with E-state index in [0.717, 1.165) is 5.56 Å². The fraction of sp³-hybridized carbons (Fsp3) is 0.316. The van der Waals surface area contributed by atoms with Gasteiger partial charge in [-0.05, 0) is 42.5 Å². The predicted octanol–water partition coefficient (Wildman–Crippen LogP) is 3.39. The molecule has 2 N–H and O–H groups in total. The van der Waals surface area contributed by atoms with Gasteiger partial charge in [-0.3, -0.25) is 10.1 Å². The van der Waals surface area contributed by atoms with Crippen molar-refractivity contribution >= 4 is 21.7 Å². The van der Waals surface area contributed by atoms with Crippen LogP contribution in [0, 0.1) is 10.1 Å². The number of nitrogens with zero attached hydrogens (tertiary/aromatic N) is 1. The maximum absolute atomic E-state index is 11.9. The van der Waals surface area contributed by atoms with Crippen molar-refractivity contribution in [1.29, 1.82) is 0 Å². The van der Waals surface area contributed by atoms with Crippen LogP contribution >= 0.6 is 0 Å². The second-order valence-corrected chi connectivity index (χ2v) is 9.08. The maximum atomic E-state index is 11.9. The number of carboxylic acids is 1. The topological polar surface area (TPSA) is 127 Å². The lowest BCUT2D eigenvalue weighted by atomic mass is 9.97. The largest absolute Gasteiger partial charge is 0.477 e. The van der Waals surface area contributed by atoms with Gasteiger partial charge in [0.25, 0.3) is 5.69 Å². The number of aromatic carboxylic acids is 1. The minimum absolute atomic E-state index is 0.0636. The van der Waals surface area contributed by atoms with Crippen LogP contribution in [0.2, 0.25) is 0 Å². The number of rotatable bonds is 8. The normalized spacial score (nSPS) is 12.7. The van der Waals surface area contributed by atoms with Gasteiger partial charge in [-0.1, -0.05) is 37.3 Å². The number of sulfonamides is 1. The summed E-state index contributed by atoms with van der Waals surface area (Å²) in [7, 11) is -3.34. The molecule has 0 aromatic heterocycles. The van der Waals surface area contributed by atoms with Crippen LogP contribution < -0.4 is 4.72 Å². The number of benzene rings is 2. The summed E-state index contributed by atoms with van der Waals surface area (Å²) in [5, 5.41) is 19.7. The number of hydrogen-bond acceptors (Lipinski definition) is 5. The lowest BCUT2D eigenvalue weighted by Crippen LogP contribution is -2.33. The van der Waals surface area contributed by atoms with Gasteiger partial charge in [0.2, 0.25) is 10.0 Å². The molecule has 0 heterocycles. The number of carbonyl (C=O) groups is 1. The summed E-state index contributed by atoms with van der Waals surface area (Å²) >= 11 is 0. The van der Waals surface area contributed by atoms with Gasteiger partial charge in [0, 0.05) is 12.6 Å². The third kappa shape index (κ3) is 4.93. The fourth-order valence-electron chi connectivity index (χ4n) is 2.57. The first-order valence-electron chi connectivity index (χ1n) is 8.63. The van der Waals surface area contributed by atoms with Gasteiger partial charge in [-0.25, -0.2) is 17.9 Å². The van der Waals surface area contributed by atoms with Crippen molar-refractivity contribution in [3.05, 3.63) is 63.7 Å². The van der Waals surface area contributed by atoms with Gasteiger partial charge in [0.15, 0.2) is 0 Å². The molecule has 0 radical (unpaired) electrons. The summed E-state index contributed by atoms with van der Waals surface area (Å²) in [5.41, 5.74) is 1.30. The van der Waals surface area contributed by atoms with Crippen molar-refractivity contribution in [2.75, 3.05) is 6.54 Å². The highest BCUT2D eigenvalue weighted by Crippen LogP contribution is 2.28. The standard InChI is InChI=1S/C19H22N2O6S/c1-12(2)28(26,27)20-11-13(3)14-4-6-15(7-5-14)16-8-9-17(19(22)23)18(10-16)21(24)25/h4-10,12-13,20H,11H2,1-3H3,(H,22,23). The molecule has 0 aliphatic carbocycles. The van der Waals surface area contributed by atoms with Gasteiger partial charge in [0.1, 0.15) is 5.56 Å². The first-order valence-corrected chi connectivity index (χ1v) is 10.2. The van der Waals surface area contributed by atoms with E-state index in [2.05, 4.69) is 4.72 Å². The van der Waals surface area contributed by atoms with E-state index >= 15 is 0 Å². The highest BCUT2D eigenvalue weighted by molar-refractivity contribution is 7.90. The van der Waals surface area contributed by atoms with Crippen molar-refractivity contribution in [3.63, 3.8) is 0 Å². The summed E-state index contributed by atoms with van der Waals surface area (Å²) in [4.78, 5) is 21.5. The molecule has 0 amide bonds. The molecule has 0 saturated heterocycles. The number of nitro benzene ring substituents is 1. The Bertz CT molecular complexity index is 984. The zero-order chi connectivity index (χ0) is 21.1. The summed E-state index contributed by atoms with van der Waals surface area (Å²) in [6, 6.07) is 11.1. The molecule has 2 aromatic carbocycles. The molecule has 8 nitrogen and oxygen atoms in total. The second kappa shape index (κ2) is 8.49. The molecule has 2 rings (SSSR count). The molecule has 150 valence electrons. The maximum Gasteiger partial charge on any atom is 0.342 e. The Labute approximate surface area is 163 Å². The van der Waals surface area contributed by atoms with Gasteiger partial charge in [-0.15, -0.1) is 0 Å². The zero-order valence-corrected chi connectivity index (χ0v) is 16.6. The van der Waals surface area contributed by atoms with Crippen molar-refractivity contribution < 1.29 is 23.2 Å². The van der Waals surface area contributed by atoms with Crippen LogP contribution in [-0.2, 0) is 10.0 Å². The third-order valence-electron chi connectivity index (χ3n) is 4.45. The SMILES string of the molecule is CC(CNS(=O)(=O)C(C)C)c1ccc(-c2ccc(C(=O)O)c([N+](=O)[O-])c2)cc1. The summed E-state index contributed by atoms with van der Waals surface area (Å²) in [5.74, 6) is -1.42. The molecule has 0 aliphatic rings. The third-order valence-corrected chi connectivity index (χ3v) is 6.26. The highest BCUT2D eigenvalue weighted by atomic mass is 32.2. The van der Waals surface area contributed by atoms with Gasteiger partial charge >= 0.3 is 5.97 Å². The molecule has 0 aliphatic heterocycles. The molecule has 0 spiro atoms. The van der Waals surface area contributed by atoms with Gasteiger partial charge < -0.3 is 5.11 Å². The molecule has 1 unspecified atom stereocenters. The first kappa shape index (κ1) is 21.5. The molecule has 1 atom stereocenters. The number of hydrogen-bond donors (Lipinski definition) is 2. The van der Waals surface area contributed by atoms with E-state index in [-0.39, 0.29) is 18.0 Å². The van der Waals surface area contributed by atoms with Crippen molar-refractivity contribution in [2.24, 2.45) is 0 Å². The molecular weight excluding hydrogens is 384 g/mol. The van der Waals surface area contributed by atoms with Crippen LogP contribution in [0.5, 0.6) is 0 Å². The molecule has 0 fully saturated rings. The Balaban J connectivity index is 2.22. The molecular formula is C19H22N2O6S. The molecule has 28 heavy (non-hydrogen) atoms. The molecule has 0 saturated carbocycles. The Morgan fingerprint density at radius 2 is 1.68 bits per heavy atom. The average molecular weight is 406 g/mol. The van der Waals surface area contributed by atoms with E-state index in [0.29, 0.717) is 11.1 Å². The van der Waals surface area contributed by atoms with E-state index in [4.69, 9.17) is 5.11 Å². The molecule has 0 bridgehead atoms. The van der Waals surface area contributed by atoms with E-state index in [1.807, 2.05) is 19.1 Å². The second-order valence-electron chi connectivity index (χ2n) is 6.76. The Hall–Kier alpha value is -2.78. The predicted molar refractivity (Wildman–Crippen MR) is 106 cm³/mol. The fourth-order valence-corrected chi connectivity index (χ4v) is 3.39. The van der Waals surface area contributed by atoms with Crippen molar-refractivity contribution in [2.45, 2.75) is 31.9 Å². The minimum Gasteiger partial charge on any atom is -0.477 e. The van der Waals surface area contributed by atoms with Crippen molar-refractivity contribution in [1.82, 2.24) is 4.72 Å². The lowest BCUT2D eigenvalue weighted by molar-refractivity contribution is -0.385. The van der Waals surface area contributed by atoms with Gasteiger partial charge in [-0.2, -0.15) is 0 Å². The monoisotopic (exact) mass is 406 g/mol. The first-order chi connectivity index (χ1) is 13.0. The highest BCUT2D eigenvalue weighted by Gasteiger charge is 2.21. The number of carboxylic acid groups (broad SMARTS) is 1. The van der Waals surface area contributed by atoms with Crippen LogP contribution in [0.15, 0.2) is 42.5 Å². The van der Waals surface area contributed by atoms with E-state index in [1.54, 1.807) is 26.0 Å². The van der Waals surface area contributed by atoms with E-state index in [9.17, 15) is 23.3 Å². The minimum atomic E-state index is -3.34. The van der Waals surface area contributed by atoms with E-state index in [1.165, 1.54) is 18.2 Å².